The summed E-state index contributed by atoms with van der Waals surface area (Å²) in [6, 6.07) is 0. The number of likely N-dealkylation sites (N-methyl/N-ethyl adjacent to an activating group) is 1. The highest BCUT2D eigenvalue weighted by Crippen LogP contribution is 2.24. The number of aryl methyl sites for hydroxylation is 1. The maximum absolute atomic E-state index is 12.5. The molecule has 19 heavy (non-hydrogen) atoms. The number of aromatic amines is 1. The number of nitrogens with zero attached hydrogens (tertiary/aromatic N) is 3. The zero-order chi connectivity index (χ0) is 14.3. The van der Waals surface area contributed by atoms with Gasteiger partial charge in [-0.3, -0.25) is 4.90 Å². The summed E-state index contributed by atoms with van der Waals surface area (Å²) in [4.78, 5) is 9.14. The van der Waals surface area contributed by atoms with Gasteiger partial charge in [0.25, 0.3) is 10.0 Å². The summed E-state index contributed by atoms with van der Waals surface area (Å²) in [7, 11) is -1.43. The first-order valence-corrected chi connectivity index (χ1v) is 7.96. The topological polar surface area (TPSA) is 69.3 Å². The molecule has 0 aliphatic carbocycles. The SMILES string of the molecule is CCc1ncc(S(=O)(=O)N2CCN(C)C(C)(C)C2)[nH]1. The van der Waals surface area contributed by atoms with Crippen LogP contribution in [0, 0.1) is 0 Å². The van der Waals surface area contributed by atoms with Gasteiger partial charge in [-0.25, -0.2) is 13.4 Å². The molecule has 7 heteroatoms. The Balaban J connectivity index is 2.25. The smallest absolute Gasteiger partial charge is 0.260 e. The molecule has 1 aromatic rings. The molecule has 1 aliphatic heterocycles. The van der Waals surface area contributed by atoms with E-state index >= 15 is 0 Å². The minimum Gasteiger partial charge on any atom is -0.332 e. The third-order valence-electron chi connectivity index (χ3n) is 3.84. The standard InChI is InChI=1S/C12H22N4O2S/c1-5-10-13-8-11(14-10)19(17,18)16-7-6-15(4)12(2,3)9-16/h8H,5-7,9H2,1-4H3,(H,13,14). The number of hydrogen-bond acceptors (Lipinski definition) is 4. The van der Waals surface area contributed by atoms with Gasteiger partial charge in [0.05, 0.1) is 6.20 Å². The van der Waals surface area contributed by atoms with Gasteiger partial charge in [-0.1, -0.05) is 6.92 Å². The lowest BCUT2D eigenvalue weighted by atomic mass is 10.0. The Kier molecular flexibility index (Phi) is 3.72. The second-order valence-corrected chi connectivity index (χ2v) is 7.53. The molecule has 0 aromatic carbocycles. The van der Waals surface area contributed by atoms with E-state index in [1.165, 1.54) is 6.20 Å². The second kappa shape index (κ2) is 4.88. The average Bonchev–Trinajstić information content (AvgIpc) is 2.81. The minimum absolute atomic E-state index is 0.154. The molecule has 0 radical (unpaired) electrons. The number of piperazine rings is 1. The molecular formula is C12H22N4O2S. The summed E-state index contributed by atoms with van der Waals surface area (Å²) >= 11 is 0. The third kappa shape index (κ3) is 2.68. The monoisotopic (exact) mass is 286 g/mol. The van der Waals surface area contributed by atoms with Crippen LogP contribution < -0.4 is 0 Å². The van der Waals surface area contributed by atoms with Gasteiger partial charge >= 0.3 is 0 Å². The normalized spacial score (nSPS) is 21.7. The van der Waals surface area contributed by atoms with Crippen LogP contribution >= 0.6 is 0 Å². The molecule has 0 amide bonds. The van der Waals surface area contributed by atoms with Crippen molar-refractivity contribution in [1.29, 1.82) is 0 Å². The molecule has 2 heterocycles. The van der Waals surface area contributed by atoms with Crippen molar-refractivity contribution < 1.29 is 8.42 Å². The minimum atomic E-state index is -3.46. The van der Waals surface area contributed by atoms with Crippen LogP contribution in [0.25, 0.3) is 0 Å². The van der Waals surface area contributed by atoms with Crippen molar-refractivity contribution in [2.45, 2.75) is 37.8 Å². The van der Waals surface area contributed by atoms with E-state index < -0.39 is 10.0 Å². The molecule has 1 aliphatic rings. The predicted molar refractivity (Wildman–Crippen MR) is 73.4 cm³/mol. The maximum Gasteiger partial charge on any atom is 0.260 e. The zero-order valence-corrected chi connectivity index (χ0v) is 12.8. The highest BCUT2D eigenvalue weighted by atomic mass is 32.2. The van der Waals surface area contributed by atoms with Crippen molar-refractivity contribution in [3.05, 3.63) is 12.0 Å². The maximum atomic E-state index is 12.5. The zero-order valence-electron chi connectivity index (χ0n) is 12.0. The number of H-pyrrole nitrogens is 1. The van der Waals surface area contributed by atoms with Crippen molar-refractivity contribution in [3.63, 3.8) is 0 Å². The molecular weight excluding hydrogens is 264 g/mol. The molecule has 0 saturated carbocycles. The highest BCUT2D eigenvalue weighted by Gasteiger charge is 2.37. The van der Waals surface area contributed by atoms with Crippen molar-refractivity contribution in [2.75, 3.05) is 26.7 Å². The lowest BCUT2D eigenvalue weighted by Gasteiger charge is -2.44. The number of imidazole rings is 1. The predicted octanol–water partition coefficient (Wildman–Crippen LogP) is 0.687. The van der Waals surface area contributed by atoms with Crippen molar-refractivity contribution in [1.82, 2.24) is 19.2 Å². The largest absolute Gasteiger partial charge is 0.332 e. The van der Waals surface area contributed by atoms with Gasteiger partial charge < -0.3 is 4.98 Å². The summed E-state index contributed by atoms with van der Waals surface area (Å²) in [5, 5.41) is 0.199. The van der Waals surface area contributed by atoms with E-state index in [0.29, 0.717) is 25.3 Å². The quantitative estimate of drug-likeness (QED) is 0.887. The van der Waals surface area contributed by atoms with Gasteiger partial charge in [-0.05, 0) is 20.9 Å². The lowest BCUT2D eigenvalue weighted by Crippen LogP contribution is -2.58. The first-order chi connectivity index (χ1) is 8.77. The molecule has 2 rings (SSSR count). The Labute approximate surface area is 114 Å². The van der Waals surface area contributed by atoms with E-state index in [-0.39, 0.29) is 10.6 Å². The van der Waals surface area contributed by atoms with Crippen LogP contribution in [0.2, 0.25) is 0 Å². The molecule has 1 N–H and O–H groups in total. The Hall–Kier alpha value is -0.920. The Morgan fingerprint density at radius 3 is 2.63 bits per heavy atom. The van der Waals surface area contributed by atoms with Gasteiger partial charge in [0, 0.05) is 31.6 Å². The molecule has 108 valence electrons. The van der Waals surface area contributed by atoms with Crippen LogP contribution in [-0.2, 0) is 16.4 Å². The summed E-state index contributed by atoms with van der Waals surface area (Å²) in [5.74, 6) is 0.701. The molecule has 1 aromatic heterocycles. The van der Waals surface area contributed by atoms with Crippen LogP contribution in [0.4, 0.5) is 0 Å². The fourth-order valence-electron chi connectivity index (χ4n) is 2.19. The molecule has 1 saturated heterocycles. The number of aromatic nitrogens is 2. The van der Waals surface area contributed by atoms with Gasteiger partial charge in [0.2, 0.25) is 0 Å². The van der Waals surface area contributed by atoms with Gasteiger partial charge in [0.15, 0.2) is 5.03 Å². The fourth-order valence-corrected chi connectivity index (χ4v) is 3.71. The van der Waals surface area contributed by atoms with Crippen LogP contribution in [0.1, 0.15) is 26.6 Å². The van der Waals surface area contributed by atoms with Gasteiger partial charge in [-0.2, -0.15) is 4.31 Å². The van der Waals surface area contributed by atoms with Crippen LogP contribution in [0.15, 0.2) is 11.2 Å². The van der Waals surface area contributed by atoms with E-state index in [1.54, 1.807) is 4.31 Å². The van der Waals surface area contributed by atoms with E-state index in [1.807, 2.05) is 14.0 Å². The number of rotatable bonds is 3. The Bertz CT molecular complexity index is 550. The number of nitrogens with one attached hydrogen (secondary N) is 1. The average molecular weight is 286 g/mol. The van der Waals surface area contributed by atoms with E-state index in [2.05, 4.69) is 28.7 Å². The summed E-state index contributed by atoms with van der Waals surface area (Å²) in [6.07, 6.45) is 2.11. The Morgan fingerprint density at radius 2 is 2.11 bits per heavy atom. The lowest BCUT2D eigenvalue weighted by molar-refractivity contribution is 0.0800. The highest BCUT2D eigenvalue weighted by molar-refractivity contribution is 7.89. The summed E-state index contributed by atoms with van der Waals surface area (Å²) in [5.41, 5.74) is -0.154. The number of hydrogen-bond donors (Lipinski definition) is 1. The first kappa shape index (κ1) is 14.5. The second-order valence-electron chi connectivity index (χ2n) is 5.62. The van der Waals surface area contributed by atoms with Crippen molar-refractivity contribution in [2.24, 2.45) is 0 Å². The summed E-state index contributed by atoms with van der Waals surface area (Å²) in [6.45, 7) is 7.79. The first-order valence-electron chi connectivity index (χ1n) is 6.52. The molecule has 0 spiro atoms. The van der Waals surface area contributed by atoms with Crippen LogP contribution in [0.5, 0.6) is 0 Å². The van der Waals surface area contributed by atoms with Crippen LogP contribution in [0.3, 0.4) is 0 Å². The molecule has 0 unspecified atom stereocenters. The fraction of sp³-hybridized carbons (Fsp3) is 0.750. The Morgan fingerprint density at radius 1 is 1.42 bits per heavy atom. The van der Waals surface area contributed by atoms with E-state index in [4.69, 9.17) is 0 Å². The van der Waals surface area contributed by atoms with Crippen LogP contribution in [-0.4, -0.2) is 59.8 Å². The van der Waals surface area contributed by atoms with Crippen molar-refractivity contribution >= 4 is 10.0 Å². The van der Waals surface area contributed by atoms with E-state index in [9.17, 15) is 8.42 Å². The molecule has 0 bridgehead atoms. The van der Waals surface area contributed by atoms with Crippen molar-refractivity contribution in [3.8, 4) is 0 Å². The third-order valence-corrected chi connectivity index (χ3v) is 5.59. The van der Waals surface area contributed by atoms with E-state index in [0.717, 1.165) is 6.54 Å². The summed E-state index contributed by atoms with van der Waals surface area (Å²) < 4.78 is 26.6. The van der Waals surface area contributed by atoms with Gasteiger partial charge in [0.1, 0.15) is 5.82 Å². The van der Waals surface area contributed by atoms with Gasteiger partial charge in [-0.15, -0.1) is 0 Å². The number of sulfonamides is 1. The molecule has 0 atom stereocenters. The molecule has 6 nitrogen and oxygen atoms in total. The molecule has 1 fully saturated rings.